The van der Waals surface area contributed by atoms with Gasteiger partial charge in [-0.15, -0.1) is 0 Å². The lowest BCUT2D eigenvalue weighted by atomic mass is 10.3. The monoisotopic (exact) mass is 306 g/mol. The number of hydrogen-bond donors (Lipinski definition) is 1. The van der Waals surface area contributed by atoms with Gasteiger partial charge in [0.15, 0.2) is 0 Å². The Morgan fingerprint density at radius 2 is 2.26 bits per heavy atom. The van der Waals surface area contributed by atoms with Crippen molar-refractivity contribution in [3.8, 4) is 0 Å². The Labute approximate surface area is 119 Å². The zero-order chi connectivity index (χ0) is 14.5. The Kier molecular flexibility index (Phi) is 6.31. The second kappa shape index (κ2) is 7.28. The maximum atomic E-state index is 12.5. The summed E-state index contributed by atoms with van der Waals surface area (Å²) in [6.07, 6.45) is 5.67. The van der Waals surface area contributed by atoms with Crippen LogP contribution in [-0.4, -0.2) is 54.1 Å². The van der Waals surface area contributed by atoms with Gasteiger partial charge in [-0.2, -0.15) is 21.2 Å². The first kappa shape index (κ1) is 16.5. The molecule has 1 atom stereocenters. The van der Waals surface area contributed by atoms with Crippen LogP contribution in [0.2, 0.25) is 0 Å². The number of sulfonamides is 1. The van der Waals surface area contributed by atoms with Gasteiger partial charge in [0.25, 0.3) is 0 Å². The average Bonchev–Trinajstić information content (AvgIpc) is 2.85. The predicted octanol–water partition coefficient (Wildman–Crippen LogP) is 0.604. The SMILES string of the molecule is CCC(CSC)N(C)S(=O)(=O)c1cnn(CCN)c1. The molecule has 0 saturated carbocycles. The molecule has 19 heavy (non-hydrogen) atoms. The zero-order valence-electron chi connectivity index (χ0n) is 11.6. The van der Waals surface area contributed by atoms with E-state index in [9.17, 15) is 8.42 Å². The Balaban J connectivity index is 2.94. The third kappa shape index (κ3) is 3.95. The Hall–Kier alpha value is -0.570. The summed E-state index contributed by atoms with van der Waals surface area (Å²) in [7, 11) is -1.85. The lowest BCUT2D eigenvalue weighted by molar-refractivity contribution is 0.385. The lowest BCUT2D eigenvalue weighted by Gasteiger charge is -2.25. The van der Waals surface area contributed by atoms with Gasteiger partial charge in [-0.05, 0) is 12.7 Å². The Morgan fingerprint density at radius 1 is 1.58 bits per heavy atom. The van der Waals surface area contributed by atoms with Gasteiger partial charge < -0.3 is 5.73 Å². The van der Waals surface area contributed by atoms with Crippen LogP contribution in [0.4, 0.5) is 0 Å². The van der Waals surface area contributed by atoms with E-state index in [1.807, 2.05) is 13.2 Å². The largest absolute Gasteiger partial charge is 0.329 e. The van der Waals surface area contributed by atoms with Crippen molar-refractivity contribution in [3.05, 3.63) is 12.4 Å². The van der Waals surface area contributed by atoms with Gasteiger partial charge in [-0.25, -0.2) is 8.42 Å². The molecule has 6 nitrogen and oxygen atoms in total. The minimum atomic E-state index is -3.47. The molecule has 0 fully saturated rings. The van der Waals surface area contributed by atoms with Crippen molar-refractivity contribution in [2.45, 2.75) is 30.8 Å². The van der Waals surface area contributed by atoms with Crippen LogP contribution < -0.4 is 5.73 Å². The van der Waals surface area contributed by atoms with E-state index in [0.717, 1.165) is 12.2 Å². The number of nitrogens with zero attached hydrogens (tertiary/aromatic N) is 3. The van der Waals surface area contributed by atoms with Crippen LogP contribution in [0.15, 0.2) is 17.3 Å². The summed E-state index contributed by atoms with van der Waals surface area (Å²) in [5, 5.41) is 4.01. The molecule has 0 aliphatic carbocycles. The first-order chi connectivity index (χ1) is 8.97. The van der Waals surface area contributed by atoms with Crippen molar-refractivity contribution in [1.29, 1.82) is 0 Å². The second-order valence-electron chi connectivity index (χ2n) is 4.27. The summed E-state index contributed by atoms with van der Waals surface area (Å²) in [6.45, 7) is 2.94. The molecule has 2 N–H and O–H groups in total. The van der Waals surface area contributed by atoms with Gasteiger partial charge in [0, 0.05) is 31.6 Å². The van der Waals surface area contributed by atoms with E-state index in [1.54, 1.807) is 23.5 Å². The first-order valence-corrected chi connectivity index (χ1v) is 9.00. The Morgan fingerprint density at radius 3 is 2.79 bits per heavy atom. The van der Waals surface area contributed by atoms with Crippen LogP contribution in [0.3, 0.4) is 0 Å². The molecule has 0 aliphatic rings. The normalized spacial score (nSPS) is 13.9. The maximum absolute atomic E-state index is 12.5. The highest BCUT2D eigenvalue weighted by Gasteiger charge is 2.27. The minimum Gasteiger partial charge on any atom is -0.329 e. The van der Waals surface area contributed by atoms with Gasteiger partial charge in [-0.3, -0.25) is 4.68 Å². The van der Waals surface area contributed by atoms with Gasteiger partial charge in [0.1, 0.15) is 4.90 Å². The van der Waals surface area contributed by atoms with Crippen molar-refractivity contribution in [3.63, 3.8) is 0 Å². The average molecular weight is 306 g/mol. The van der Waals surface area contributed by atoms with Crippen molar-refractivity contribution in [1.82, 2.24) is 14.1 Å². The minimum absolute atomic E-state index is 0.00198. The smallest absolute Gasteiger partial charge is 0.246 e. The van der Waals surface area contributed by atoms with E-state index in [0.29, 0.717) is 13.1 Å². The fourth-order valence-corrected chi connectivity index (χ4v) is 4.09. The van der Waals surface area contributed by atoms with Crippen molar-refractivity contribution < 1.29 is 8.42 Å². The number of thioether (sulfide) groups is 1. The highest BCUT2D eigenvalue weighted by molar-refractivity contribution is 7.98. The quantitative estimate of drug-likeness (QED) is 0.761. The van der Waals surface area contributed by atoms with Crippen molar-refractivity contribution in [2.75, 3.05) is 25.6 Å². The molecule has 1 unspecified atom stereocenters. The summed E-state index contributed by atoms with van der Waals surface area (Å²) in [4.78, 5) is 0.225. The number of hydrogen-bond acceptors (Lipinski definition) is 5. The van der Waals surface area contributed by atoms with Crippen LogP contribution in [0.5, 0.6) is 0 Å². The van der Waals surface area contributed by atoms with Gasteiger partial charge >= 0.3 is 0 Å². The van der Waals surface area contributed by atoms with E-state index in [2.05, 4.69) is 5.10 Å². The van der Waals surface area contributed by atoms with E-state index in [1.165, 1.54) is 16.7 Å². The van der Waals surface area contributed by atoms with Crippen molar-refractivity contribution in [2.24, 2.45) is 5.73 Å². The van der Waals surface area contributed by atoms with Gasteiger partial charge in [0.2, 0.25) is 10.0 Å². The molecule has 110 valence electrons. The summed E-state index contributed by atoms with van der Waals surface area (Å²) in [5.74, 6) is 0.781. The number of nitrogens with two attached hydrogens (primary N) is 1. The molecule has 8 heteroatoms. The number of rotatable bonds is 8. The first-order valence-electron chi connectivity index (χ1n) is 6.16. The molecule has 1 aromatic heterocycles. The molecule has 0 saturated heterocycles. The highest BCUT2D eigenvalue weighted by atomic mass is 32.2. The molecule has 0 spiro atoms. The van der Waals surface area contributed by atoms with Gasteiger partial charge in [0.05, 0.1) is 12.7 Å². The maximum Gasteiger partial charge on any atom is 0.246 e. The molecule has 0 bridgehead atoms. The fraction of sp³-hybridized carbons (Fsp3) is 0.727. The van der Waals surface area contributed by atoms with Crippen molar-refractivity contribution >= 4 is 21.8 Å². The molecule has 1 rings (SSSR count). The predicted molar refractivity (Wildman–Crippen MR) is 78.7 cm³/mol. The van der Waals surface area contributed by atoms with Crippen LogP contribution in [0, 0.1) is 0 Å². The van der Waals surface area contributed by atoms with Gasteiger partial charge in [-0.1, -0.05) is 6.92 Å². The summed E-state index contributed by atoms with van der Waals surface area (Å²) in [6, 6.07) is -0.00198. The van der Waals surface area contributed by atoms with Crippen LogP contribution in [0.25, 0.3) is 0 Å². The van der Waals surface area contributed by atoms with E-state index in [-0.39, 0.29) is 10.9 Å². The third-order valence-electron chi connectivity index (χ3n) is 2.99. The molecule has 1 aromatic rings. The van der Waals surface area contributed by atoms with E-state index in [4.69, 9.17) is 5.73 Å². The van der Waals surface area contributed by atoms with E-state index < -0.39 is 10.0 Å². The summed E-state index contributed by atoms with van der Waals surface area (Å²) < 4.78 is 27.9. The summed E-state index contributed by atoms with van der Waals surface area (Å²) in [5.41, 5.74) is 5.42. The lowest BCUT2D eigenvalue weighted by Crippen LogP contribution is -2.38. The zero-order valence-corrected chi connectivity index (χ0v) is 13.2. The highest BCUT2D eigenvalue weighted by Crippen LogP contribution is 2.19. The van der Waals surface area contributed by atoms with Crippen LogP contribution in [0.1, 0.15) is 13.3 Å². The fourth-order valence-electron chi connectivity index (χ4n) is 1.77. The van der Waals surface area contributed by atoms with E-state index >= 15 is 0 Å². The molecule has 1 heterocycles. The standard InChI is InChI=1S/C11H22N4O2S2/c1-4-10(9-18-3)14(2)19(16,17)11-7-13-15(8-11)6-5-12/h7-8,10H,4-6,9,12H2,1-3H3. The Bertz CT molecular complexity index is 487. The summed E-state index contributed by atoms with van der Waals surface area (Å²) >= 11 is 1.64. The molecule has 0 radical (unpaired) electrons. The molecular formula is C11H22N4O2S2. The molecule has 0 aliphatic heterocycles. The van der Waals surface area contributed by atoms with Crippen LogP contribution >= 0.6 is 11.8 Å². The second-order valence-corrected chi connectivity index (χ2v) is 7.17. The molecule has 0 amide bonds. The molecular weight excluding hydrogens is 284 g/mol. The molecule has 0 aromatic carbocycles. The number of aromatic nitrogens is 2. The topological polar surface area (TPSA) is 81.2 Å². The third-order valence-corrected chi connectivity index (χ3v) is 5.57. The van der Waals surface area contributed by atoms with Crippen LogP contribution in [-0.2, 0) is 16.6 Å².